The number of esters is 1. The van der Waals surface area contributed by atoms with Gasteiger partial charge in [0.25, 0.3) is 5.56 Å². The highest BCUT2D eigenvalue weighted by atomic mass is 19.4. The van der Waals surface area contributed by atoms with Crippen LogP contribution >= 0.6 is 0 Å². The molecule has 170 valence electrons. The Balaban J connectivity index is 1.52. The van der Waals surface area contributed by atoms with E-state index in [1.165, 1.54) is 19.9 Å². The molecule has 0 saturated heterocycles. The number of nitrogens with zero attached hydrogens (tertiary/aromatic N) is 2. The van der Waals surface area contributed by atoms with Gasteiger partial charge in [0.2, 0.25) is 5.78 Å². The quantitative estimate of drug-likeness (QED) is 0.419. The zero-order chi connectivity index (χ0) is 23.5. The molecule has 0 aliphatic carbocycles. The summed E-state index contributed by atoms with van der Waals surface area (Å²) < 4.78 is 44.1. The van der Waals surface area contributed by atoms with Crippen molar-refractivity contribution in [3.8, 4) is 0 Å². The van der Waals surface area contributed by atoms with Crippen LogP contribution in [0.4, 0.5) is 13.2 Å². The lowest BCUT2D eigenvalue weighted by molar-refractivity contribution is -0.142. The van der Waals surface area contributed by atoms with Crippen molar-refractivity contribution >= 4 is 22.7 Å². The van der Waals surface area contributed by atoms with E-state index in [4.69, 9.17) is 4.74 Å². The summed E-state index contributed by atoms with van der Waals surface area (Å²) in [6.07, 6.45) is -3.74. The molecule has 3 rings (SSSR count). The number of hydrogen-bond acceptors (Lipinski definition) is 5. The van der Waals surface area contributed by atoms with Crippen molar-refractivity contribution in [2.45, 2.75) is 45.8 Å². The highest BCUT2D eigenvalue weighted by Crippen LogP contribution is 2.23. The molecule has 3 aromatic rings. The van der Waals surface area contributed by atoms with Crippen LogP contribution in [0.25, 0.3) is 10.9 Å². The monoisotopic (exact) mass is 449 g/mol. The van der Waals surface area contributed by atoms with Gasteiger partial charge in [-0.15, -0.1) is 0 Å². The summed E-state index contributed by atoms with van der Waals surface area (Å²) in [6, 6.07) is 8.26. The summed E-state index contributed by atoms with van der Waals surface area (Å²) in [5.74, 6) is -0.749. The Morgan fingerprint density at radius 1 is 1.19 bits per heavy atom. The van der Waals surface area contributed by atoms with Crippen molar-refractivity contribution < 1.29 is 27.5 Å². The number of nitrogens with one attached hydrogen (secondary N) is 1. The summed E-state index contributed by atoms with van der Waals surface area (Å²) in [5, 5.41) is 0.476. The molecule has 0 aliphatic rings. The number of aromatic amines is 1. The van der Waals surface area contributed by atoms with E-state index in [2.05, 4.69) is 9.97 Å². The smallest absolute Gasteiger partial charge is 0.406 e. The summed E-state index contributed by atoms with van der Waals surface area (Å²) >= 11 is 0. The fourth-order valence-electron chi connectivity index (χ4n) is 3.46. The number of fused-ring (bicyclic) bond motifs is 1. The first kappa shape index (κ1) is 23.2. The first-order valence-corrected chi connectivity index (χ1v) is 9.95. The van der Waals surface area contributed by atoms with Gasteiger partial charge in [0.1, 0.15) is 12.4 Å². The second-order valence-electron chi connectivity index (χ2n) is 7.45. The molecule has 0 radical (unpaired) electrons. The number of aromatic nitrogens is 3. The van der Waals surface area contributed by atoms with Crippen molar-refractivity contribution in [2.75, 3.05) is 6.61 Å². The van der Waals surface area contributed by atoms with Crippen molar-refractivity contribution in [2.24, 2.45) is 0 Å². The maximum Gasteiger partial charge on any atom is 0.406 e. The average Bonchev–Trinajstić information content (AvgIpc) is 2.99. The number of H-pyrrole nitrogens is 1. The molecule has 0 bridgehead atoms. The van der Waals surface area contributed by atoms with E-state index < -0.39 is 31.1 Å². The molecule has 0 aliphatic heterocycles. The molecular weight excluding hydrogens is 427 g/mol. The number of Topliss-reactive ketones (excluding diaryl/α,β-unsaturated/α-hetero) is 1. The number of alkyl halides is 3. The van der Waals surface area contributed by atoms with Gasteiger partial charge in [0.15, 0.2) is 6.61 Å². The number of rotatable bonds is 8. The predicted molar refractivity (Wildman–Crippen MR) is 111 cm³/mol. The van der Waals surface area contributed by atoms with Crippen LogP contribution in [0.3, 0.4) is 0 Å². The molecule has 7 nitrogen and oxygen atoms in total. The van der Waals surface area contributed by atoms with E-state index in [9.17, 15) is 27.6 Å². The number of aryl methyl sites for hydroxylation is 2. The van der Waals surface area contributed by atoms with E-state index in [1.54, 1.807) is 24.3 Å². The lowest BCUT2D eigenvalue weighted by atomic mass is 10.1. The number of ether oxygens (including phenoxy) is 1. The van der Waals surface area contributed by atoms with Crippen LogP contribution in [-0.4, -0.2) is 39.1 Å². The van der Waals surface area contributed by atoms with Gasteiger partial charge in [-0.1, -0.05) is 12.1 Å². The normalized spacial score (nSPS) is 11.7. The fourth-order valence-corrected chi connectivity index (χ4v) is 3.46. The molecule has 0 atom stereocenters. The SMILES string of the molecule is Cc1cc(C(=O)COC(=O)CCCc2nc3ccccc3c(=O)[nH]2)c(C)n1CC(F)(F)F. The van der Waals surface area contributed by atoms with Gasteiger partial charge in [-0.05, 0) is 38.5 Å². The first-order chi connectivity index (χ1) is 15.0. The van der Waals surface area contributed by atoms with Gasteiger partial charge in [-0.25, -0.2) is 4.98 Å². The van der Waals surface area contributed by atoms with Gasteiger partial charge in [0.05, 0.1) is 10.9 Å². The highest BCUT2D eigenvalue weighted by Gasteiger charge is 2.30. The van der Waals surface area contributed by atoms with Crippen molar-refractivity contribution in [1.29, 1.82) is 0 Å². The predicted octanol–water partition coefficient (Wildman–Crippen LogP) is 3.65. The largest absolute Gasteiger partial charge is 0.457 e. The third-order valence-corrected chi connectivity index (χ3v) is 5.03. The topological polar surface area (TPSA) is 94.1 Å². The summed E-state index contributed by atoms with van der Waals surface area (Å²) in [5.41, 5.74) is 0.862. The molecule has 1 N–H and O–H groups in total. The third-order valence-electron chi connectivity index (χ3n) is 5.03. The van der Waals surface area contributed by atoms with E-state index in [0.717, 1.165) is 4.57 Å². The van der Waals surface area contributed by atoms with Crippen molar-refractivity contribution in [3.05, 3.63) is 63.5 Å². The number of hydrogen-bond donors (Lipinski definition) is 1. The maximum atomic E-state index is 12.7. The number of carbonyl (C=O) groups is 2. The maximum absolute atomic E-state index is 12.7. The second-order valence-corrected chi connectivity index (χ2v) is 7.45. The van der Waals surface area contributed by atoms with Crippen LogP contribution in [0, 0.1) is 13.8 Å². The summed E-state index contributed by atoms with van der Waals surface area (Å²) in [7, 11) is 0. The van der Waals surface area contributed by atoms with Crippen molar-refractivity contribution in [1.82, 2.24) is 14.5 Å². The van der Waals surface area contributed by atoms with E-state index >= 15 is 0 Å². The van der Waals surface area contributed by atoms with E-state index in [0.29, 0.717) is 35.3 Å². The molecule has 2 heterocycles. The number of ketones is 1. The van der Waals surface area contributed by atoms with Gasteiger partial charge < -0.3 is 14.3 Å². The minimum absolute atomic E-state index is 0.00306. The summed E-state index contributed by atoms with van der Waals surface area (Å²) in [4.78, 5) is 43.4. The van der Waals surface area contributed by atoms with Crippen LogP contribution in [0.5, 0.6) is 0 Å². The molecule has 2 aromatic heterocycles. The Kier molecular flexibility index (Phi) is 6.81. The second kappa shape index (κ2) is 9.37. The van der Waals surface area contributed by atoms with Gasteiger partial charge in [0, 0.05) is 29.8 Å². The van der Waals surface area contributed by atoms with Crippen LogP contribution in [0.15, 0.2) is 35.1 Å². The lowest BCUT2D eigenvalue weighted by Crippen LogP contribution is -2.20. The van der Waals surface area contributed by atoms with Gasteiger partial charge in [-0.2, -0.15) is 13.2 Å². The number of halogens is 3. The van der Waals surface area contributed by atoms with Crippen LogP contribution < -0.4 is 5.56 Å². The Morgan fingerprint density at radius 3 is 2.62 bits per heavy atom. The Morgan fingerprint density at radius 2 is 1.91 bits per heavy atom. The van der Waals surface area contributed by atoms with E-state index in [1.807, 2.05) is 0 Å². The van der Waals surface area contributed by atoms with E-state index in [-0.39, 0.29) is 23.2 Å². The standard InChI is InChI=1S/C22H22F3N3O4/c1-13-10-16(14(2)28(13)12-22(23,24)25)18(29)11-32-20(30)9-5-8-19-26-17-7-4-3-6-15(17)21(31)27-19/h3-4,6-7,10H,5,8-9,11-12H2,1-2H3,(H,26,27,31). The van der Waals surface area contributed by atoms with Gasteiger partial charge in [-0.3, -0.25) is 14.4 Å². The minimum Gasteiger partial charge on any atom is -0.457 e. The van der Waals surface area contributed by atoms with Gasteiger partial charge >= 0.3 is 12.1 Å². The lowest BCUT2D eigenvalue weighted by Gasteiger charge is -2.12. The van der Waals surface area contributed by atoms with Crippen LogP contribution in [-0.2, 0) is 22.5 Å². The third kappa shape index (κ3) is 5.63. The minimum atomic E-state index is -4.41. The number of carbonyl (C=O) groups excluding carboxylic acids is 2. The fraction of sp³-hybridized carbons (Fsp3) is 0.364. The molecule has 10 heteroatoms. The first-order valence-electron chi connectivity index (χ1n) is 9.95. The highest BCUT2D eigenvalue weighted by molar-refractivity contribution is 5.99. The Bertz CT molecular complexity index is 1210. The molecular formula is C22H22F3N3O4. The average molecular weight is 449 g/mol. The zero-order valence-corrected chi connectivity index (χ0v) is 17.6. The number of para-hydroxylation sites is 1. The summed E-state index contributed by atoms with van der Waals surface area (Å²) in [6.45, 7) is 1.15. The molecule has 0 unspecified atom stereocenters. The molecule has 32 heavy (non-hydrogen) atoms. The number of benzene rings is 1. The molecule has 1 aromatic carbocycles. The van der Waals surface area contributed by atoms with Crippen LogP contribution in [0.2, 0.25) is 0 Å². The molecule has 0 spiro atoms. The molecule has 0 saturated carbocycles. The molecule has 0 amide bonds. The zero-order valence-electron chi connectivity index (χ0n) is 17.6. The van der Waals surface area contributed by atoms with Crippen molar-refractivity contribution in [3.63, 3.8) is 0 Å². The Labute approximate surface area is 181 Å². The molecule has 0 fully saturated rings. The Hall–Kier alpha value is -3.43. The van der Waals surface area contributed by atoms with Crippen LogP contribution in [0.1, 0.15) is 40.4 Å².